The lowest BCUT2D eigenvalue weighted by molar-refractivity contribution is -0.138. The smallest absolute Gasteiger partial charge is 0.343 e. The van der Waals surface area contributed by atoms with E-state index >= 15 is 0 Å². The number of hydrogen-bond donors (Lipinski definition) is 1. The van der Waals surface area contributed by atoms with Crippen molar-refractivity contribution in [3.63, 3.8) is 0 Å². The van der Waals surface area contributed by atoms with Gasteiger partial charge in [-0.3, -0.25) is 4.79 Å². The lowest BCUT2D eigenvalue weighted by Crippen LogP contribution is -2.48. The van der Waals surface area contributed by atoms with Crippen molar-refractivity contribution in [2.45, 2.75) is 92.6 Å². The van der Waals surface area contributed by atoms with Crippen molar-refractivity contribution in [1.29, 1.82) is 0 Å². The van der Waals surface area contributed by atoms with Crippen LogP contribution in [0, 0.1) is 8.99 Å². The first-order chi connectivity index (χ1) is 16.3. The molecule has 1 aromatic carbocycles. The van der Waals surface area contributed by atoms with Gasteiger partial charge in [-0.25, -0.2) is 4.79 Å². The first kappa shape index (κ1) is 32.9. The van der Waals surface area contributed by atoms with Gasteiger partial charge in [0, 0.05) is 17.8 Å². The maximum absolute atomic E-state index is 13.5. The van der Waals surface area contributed by atoms with Crippen molar-refractivity contribution in [2.24, 2.45) is 5.41 Å². The lowest BCUT2D eigenvalue weighted by atomic mass is 9.87. The molecular formula is C27H43ClINO5Si. The molecule has 0 saturated carbocycles. The molecule has 0 fully saturated rings. The van der Waals surface area contributed by atoms with E-state index in [1.54, 1.807) is 19.1 Å². The van der Waals surface area contributed by atoms with Gasteiger partial charge in [0.05, 0.1) is 34.0 Å². The van der Waals surface area contributed by atoms with Crippen LogP contribution < -0.4 is 10.1 Å². The topological polar surface area (TPSA) is 73.9 Å². The molecule has 36 heavy (non-hydrogen) atoms. The number of esters is 1. The van der Waals surface area contributed by atoms with E-state index in [-0.39, 0.29) is 45.4 Å². The maximum atomic E-state index is 13.5. The summed E-state index contributed by atoms with van der Waals surface area (Å²) in [4.78, 5) is 26.3. The van der Waals surface area contributed by atoms with Crippen molar-refractivity contribution in [3.05, 3.63) is 38.1 Å². The molecule has 9 heteroatoms. The molecule has 1 N–H and O–H groups in total. The van der Waals surface area contributed by atoms with E-state index in [2.05, 4.69) is 82.5 Å². The molecule has 0 amide bonds. The van der Waals surface area contributed by atoms with Crippen LogP contribution in [0.15, 0.2) is 23.9 Å². The molecule has 0 aliphatic heterocycles. The molecule has 1 aromatic rings. The van der Waals surface area contributed by atoms with Crippen LogP contribution in [-0.4, -0.2) is 45.4 Å². The van der Waals surface area contributed by atoms with Gasteiger partial charge in [0.25, 0.3) is 0 Å². The van der Waals surface area contributed by atoms with Gasteiger partial charge in [0.1, 0.15) is 11.3 Å². The summed E-state index contributed by atoms with van der Waals surface area (Å²) in [6.07, 6.45) is 1.41. The molecule has 0 saturated heterocycles. The second-order valence-electron chi connectivity index (χ2n) is 11.7. The minimum absolute atomic E-state index is 0.0433. The highest BCUT2D eigenvalue weighted by Gasteiger charge is 2.38. The first-order valence-electron chi connectivity index (χ1n) is 12.3. The summed E-state index contributed by atoms with van der Waals surface area (Å²) in [7, 11) is -1.99. The Morgan fingerprint density at radius 1 is 1.14 bits per heavy atom. The van der Waals surface area contributed by atoms with E-state index in [1.807, 2.05) is 13.8 Å². The highest BCUT2D eigenvalue weighted by Crippen LogP contribution is 2.37. The van der Waals surface area contributed by atoms with Crippen molar-refractivity contribution in [3.8, 4) is 5.75 Å². The summed E-state index contributed by atoms with van der Waals surface area (Å²) < 4.78 is 18.2. The van der Waals surface area contributed by atoms with Crippen LogP contribution in [0.25, 0.3) is 0 Å². The number of benzene rings is 1. The van der Waals surface area contributed by atoms with Gasteiger partial charge in [-0.2, -0.15) is 0 Å². The third-order valence-corrected chi connectivity index (χ3v) is 11.9. The summed E-state index contributed by atoms with van der Waals surface area (Å²) in [5, 5.41) is 3.56. The van der Waals surface area contributed by atoms with Gasteiger partial charge in [-0.05, 0) is 73.0 Å². The maximum Gasteiger partial charge on any atom is 0.343 e. The third kappa shape index (κ3) is 9.33. The lowest BCUT2D eigenvalue weighted by Gasteiger charge is -2.39. The predicted molar refractivity (Wildman–Crippen MR) is 159 cm³/mol. The zero-order valence-corrected chi connectivity index (χ0v) is 27.5. The van der Waals surface area contributed by atoms with Crippen molar-refractivity contribution in [1.82, 2.24) is 5.32 Å². The Morgan fingerprint density at radius 3 is 2.19 bits per heavy atom. The highest BCUT2D eigenvalue weighted by atomic mass is 127. The van der Waals surface area contributed by atoms with E-state index in [1.165, 1.54) is 6.20 Å². The fraction of sp³-hybridized carbons (Fsp3) is 0.630. The third-order valence-electron chi connectivity index (χ3n) is 6.26. The molecule has 0 bridgehead atoms. The average molecular weight is 652 g/mol. The first-order valence-corrected chi connectivity index (χ1v) is 16.7. The van der Waals surface area contributed by atoms with Gasteiger partial charge < -0.3 is 19.2 Å². The van der Waals surface area contributed by atoms with Crippen LogP contribution in [0.3, 0.4) is 0 Å². The molecule has 0 radical (unpaired) electrons. The number of nitrogens with one attached hydrogen (secondary N) is 1. The van der Waals surface area contributed by atoms with Gasteiger partial charge in [-0.1, -0.05) is 53.1 Å². The fourth-order valence-corrected chi connectivity index (χ4v) is 4.71. The second kappa shape index (κ2) is 13.1. The largest absolute Gasteiger partial charge is 0.490 e. The van der Waals surface area contributed by atoms with Crippen molar-refractivity contribution >= 4 is 54.3 Å². The Kier molecular flexibility index (Phi) is 12.0. The number of Topliss-reactive ketones (excluding diaryl/α,β-unsaturated/α-hetero) is 1. The van der Waals surface area contributed by atoms with Crippen LogP contribution in [0.5, 0.6) is 5.75 Å². The summed E-state index contributed by atoms with van der Waals surface area (Å²) in [6, 6.07) is 3.09. The van der Waals surface area contributed by atoms with Crippen molar-refractivity contribution in [2.75, 3.05) is 13.2 Å². The number of carbonyl (C=O) groups excluding carboxylic acids is 2. The Hall–Kier alpha value is -1.10. The van der Waals surface area contributed by atoms with E-state index in [9.17, 15) is 9.59 Å². The standard InChI is InChI=1S/C27H43ClINO5Si/c1-12-33-25(32)19(24(31)18-13-21(29)22(14-20(18)28)35-17(2)3)15-30-23(26(4,5)6)16-34-36(10,11)27(7,8)9/h13-15,17,23,30H,12,16H2,1-11H3. The Labute approximate surface area is 237 Å². The molecule has 204 valence electrons. The molecule has 1 atom stereocenters. The molecule has 0 spiro atoms. The Balaban J connectivity index is 3.36. The van der Waals surface area contributed by atoms with Crippen LogP contribution in [0.4, 0.5) is 0 Å². The summed E-state index contributed by atoms with van der Waals surface area (Å²) in [5.74, 6) is -0.637. The number of rotatable bonds is 11. The number of hydrogen-bond acceptors (Lipinski definition) is 6. The van der Waals surface area contributed by atoms with E-state index < -0.39 is 20.1 Å². The summed E-state index contributed by atoms with van der Waals surface area (Å²) in [6.45, 7) is 23.4. The Bertz CT molecular complexity index is 964. The van der Waals surface area contributed by atoms with Crippen LogP contribution in [-0.2, 0) is 14.0 Å². The summed E-state index contributed by atoms with van der Waals surface area (Å²) in [5.41, 5.74) is -0.110. The number of ether oxygens (including phenoxy) is 2. The average Bonchev–Trinajstić information content (AvgIpc) is 2.70. The SMILES string of the molecule is CCOC(=O)C(=CNC(CO[Si](C)(C)C(C)(C)C)C(C)(C)C)C(=O)c1cc(I)c(OC(C)C)cc1Cl. The molecule has 0 aliphatic carbocycles. The van der Waals surface area contributed by atoms with Gasteiger partial charge in [0.15, 0.2) is 8.32 Å². The zero-order chi connectivity index (χ0) is 28.1. The molecule has 0 aliphatic rings. The minimum atomic E-state index is -1.99. The Morgan fingerprint density at radius 2 is 1.72 bits per heavy atom. The number of halogens is 2. The monoisotopic (exact) mass is 651 g/mol. The van der Waals surface area contributed by atoms with Gasteiger partial charge in [0.2, 0.25) is 5.78 Å². The van der Waals surface area contributed by atoms with Gasteiger partial charge in [-0.15, -0.1) is 0 Å². The minimum Gasteiger partial charge on any atom is -0.490 e. The predicted octanol–water partition coefficient (Wildman–Crippen LogP) is 7.39. The quantitative estimate of drug-likeness (QED) is 0.0512. The molecule has 1 unspecified atom stereocenters. The molecule has 0 heterocycles. The normalized spacial score (nSPS) is 14.0. The van der Waals surface area contributed by atoms with Crippen LogP contribution in [0.1, 0.15) is 72.7 Å². The summed E-state index contributed by atoms with van der Waals surface area (Å²) >= 11 is 8.56. The zero-order valence-electron chi connectivity index (χ0n) is 23.6. The van der Waals surface area contributed by atoms with Crippen LogP contribution in [0.2, 0.25) is 23.2 Å². The number of ketones is 1. The fourth-order valence-electron chi connectivity index (χ4n) is 2.86. The van der Waals surface area contributed by atoms with E-state index in [4.69, 9.17) is 25.5 Å². The molecule has 1 rings (SSSR count). The number of carbonyl (C=O) groups is 2. The highest BCUT2D eigenvalue weighted by molar-refractivity contribution is 14.1. The molecular weight excluding hydrogens is 609 g/mol. The van der Waals surface area contributed by atoms with E-state index in [0.29, 0.717) is 12.4 Å². The van der Waals surface area contributed by atoms with E-state index in [0.717, 1.165) is 3.57 Å². The second-order valence-corrected chi connectivity index (χ2v) is 18.1. The van der Waals surface area contributed by atoms with Gasteiger partial charge >= 0.3 is 5.97 Å². The molecule has 6 nitrogen and oxygen atoms in total. The van der Waals surface area contributed by atoms with Crippen LogP contribution >= 0.6 is 34.2 Å². The molecule has 0 aromatic heterocycles. The van der Waals surface area contributed by atoms with Crippen molar-refractivity contribution < 1.29 is 23.5 Å².